The van der Waals surface area contributed by atoms with Gasteiger partial charge in [-0.05, 0) is 24.1 Å². The summed E-state index contributed by atoms with van der Waals surface area (Å²) in [5.41, 5.74) is 7.11. The van der Waals surface area contributed by atoms with E-state index in [9.17, 15) is 9.18 Å². The molecule has 0 saturated carbocycles. The number of benzene rings is 1. The van der Waals surface area contributed by atoms with Crippen molar-refractivity contribution in [2.45, 2.75) is 25.3 Å². The van der Waals surface area contributed by atoms with Crippen LogP contribution in [-0.2, 0) is 4.79 Å². The normalized spacial score (nSPS) is 23.3. The number of halogens is 1. The lowest BCUT2D eigenvalue weighted by molar-refractivity contribution is -0.130. The van der Waals surface area contributed by atoms with E-state index in [1.165, 1.54) is 13.2 Å². The Balaban J connectivity index is 2.17. The zero-order valence-corrected chi connectivity index (χ0v) is 11.2. The highest BCUT2D eigenvalue weighted by Gasteiger charge is 2.29. The SMILES string of the molecule is COc1cc(C2CCN(C(C)=O)CC2N)ccc1F. The van der Waals surface area contributed by atoms with Gasteiger partial charge in [0, 0.05) is 32.0 Å². The smallest absolute Gasteiger partial charge is 0.219 e. The number of hydrogen-bond acceptors (Lipinski definition) is 3. The largest absolute Gasteiger partial charge is 0.494 e. The minimum atomic E-state index is -0.374. The predicted molar refractivity (Wildman–Crippen MR) is 70.5 cm³/mol. The van der Waals surface area contributed by atoms with Crippen LogP contribution in [0.25, 0.3) is 0 Å². The molecule has 2 unspecified atom stereocenters. The summed E-state index contributed by atoms with van der Waals surface area (Å²) in [5, 5.41) is 0. The molecule has 0 radical (unpaired) electrons. The zero-order chi connectivity index (χ0) is 14.0. The van der Waals surface area contributed by atoms with Gasteiger partial charge in [0.1, 0.15) is 0 Å². The van der Waals surface area contributed by atoms with Crippen LogP contribution in [0.4, 0.5) is 4.39 Å². The number of likely N-dealkylation sites (tertiary alicyclic amines) is 1. The van der Waals surface area contributed by atoms with Gasteiger partial charge in [-0.15, -0.1) is 0 Å². The first-order chi connectivity index (χ1) is 9.02. The number of amides is 1. The van der Waals surface area contributed by atoms with E-state index in [-0.39, 0.29) is 29.4 Å². The molecule has 1 fully saturated rings. The second-order valence-corrected chi connectivity index (χ2v) is 4.92. The first-order valence-electron chi connectivity index (χ1n) is 6.37. The Hall–Kier alpha value is -1.62. The van der Waals surface area contributed by atoms with Crippen molar-refractivity contribution in [2.75, 3.05) is 20.2 Å². The summed E-state index contributed by atoms with van der Waals surface area (Å²) in [4.78, 5) is 13.1. The van der Waals surface area contributed by atoms with Crippen molar-refractivity contribution in [3.63, 3.8) is 0 Å². The summed E-state index contributed by atoms with van der Waals surface area (Å²) in [5.74, 6) is 0.0374. The molecule has 1 aromatic carbocycles. The number of carbonyl (C=O) groups is 1. The van der Waals surface area contributed by atoms with E-state index in [0.29, 0.717) is 13.1 Å². The number of ether oxygens (including phenoxy) is 1. The van der Waals surface area contributed by atoms with Crippen molar-refractivity contribution in [3.8, 4) is 5.75 Å². The van der Waals surface area contributed by atoms with E-state index < -0.39 is 0 Å². The summed E-state index contributed by atoms with van der Waals surface area (Å²) >= 11 is 0. The van der Waals surface area contributed by atoms with Gasteiger partial charge in [0.2, 0.25) is 5.91 Å². The van der Waals surface area contributed by atoms with Crippen LogP contribution in [0.15, 0.2) is 18.2 Å². The Kier molecular flexibility index (Phi) is 4.04. The molecule has 2 rings (SSSR count). The molecule has 1 aliphatic heterocycles. The average molecular weight is 266 g/mol. The molecule has 19 heavy (non-hydrogen) atoms. The van der Waals surface area contributed by atoms with E-state index in [2.05, 4.69) is 0 Å². The van der Waals surface area contributed by atoms with E-state index >= 15 is 0 Å². The highest BCUT2D eigenvalue weighted by Crippen LogP contribution is 2.30. The number of rotatable bonds is 2. The van der Waals surface area contributed by atoms with Crippen LogP contribution in [0, 0.1) is 5.82 Å². The number of methoxy groups -OCH3 is 1. The molecule has 0 aromatic heterocycles. The predicted octanol–water partition coefficient (Wildman–Crippen LogP) is 1.50. The second-order valence-electron chi connectivity index (χ2n) is 4.92. The summed E-state index contributed by atoms with van der Waals surface area (Å²) in [6.07, 6.45) is 0.787. The van der Waals surface area contributed by atoms with Gasteiger partial charge >= 0.3 is 0 Å². The van der Waals surface area contributed by atoms with Crippen LogP contribution < -0.4 is 10.5 Å². The maximum Gasteiger partial charge on any atom is 0.219 e. The Morgan fingerprint density at radius 3 is 2.84 bits per heavy atom. The second kappa shape index (κ2) is 5.57. The summed E-state index contributed by atoms with van der Waals surface area (Å²) in [6.45, 7) is 2.78. The maximum absolute atomic E-state index is 13.4. The number of nitrogens with two attached hydrogens (primary N) is 1. The minimum Gasteiger partial charge on any atom is -0.494 e. The molecule has 1 aliphatic rings. The van der Waals surface area contributed by atoms with Gasteiger partial charge < -0.3 is 15.4 Å². The molecular formula is C14H19FN2O2. The molecule has 2 N–H and O–H groups in total. The average Bonchev–Trinajstić information content (AvgIpc) is 2.39. The summed E-state index contributed by atoms with van der Waals surface area (Å²) < 4.78 is 18.4. The van der Waals surface area contributed by atoms with E-state index in [1.54, 1.807) is 24.0 Å². The van der Waals surface area contributed by atoms with Gasteiger partial charge in [-0.3, -0.25) is 4.79 Å². The van der Waals surface area contributed by atoms with Gasteiger partial charge in [-0.2, -0.15) is 0 Å². The van der Waals surface area contributed by atoms with Crippen LogP contribution in [0.3, 0.4) is 0 Å². The van der Waals surface area contributed by atoms with Gasteiger partial charge in [0.15, 0.2) is 11.6 Å². The van der Waals surface area contributed by atoms with Crippen LogP contribution in [0.2, 0.25) is 0 Å². The van der Waals surface area contributed by atoms with Crippen LogP contribution in [-0.4, -0.2) is 37.0 Å². The molecule has 5 heteroatoms. The minimum absolute atomic E-state index is 0.0468. The van der Waals surface area contributed by atoms with Gasteiger partial charge in [0.05, 0.1) is 7.11 Å². The van der Waals surface area contributed by atoms with Crippen LogP contribution >= 0.6 is 0 Å². The van der Waals surface area contributed by atoms with E-state index in [1.807, 2.05) is 0 Å². The molecule has 1 aromatic rings. The Morgan fingerprint density at radius 2 is 2.26 bits per heavy atom. The first-order valence-corrected chi connectivity index (χ1v) is 6.37. The molecule has 0 spiro atoms. The Morgan fingerprint density at radius 1 is 1.53 bits per heavy atom. The highest BCUT2D eigenvalue weighted by molar-refractivity contribution is 5.73. The lowest BCUT2D eigenvalue weighted by Crippen LogP contribution is -2.48. The monoisotopic (exact) mass is 266 g/mol. The topological polar surface area (TPSA) is 55.6 Å². The fourth-order valence-corrected chi connectivity index (χ4v) is 2.59. The van der Waals surface area contributed by atoms with Gasteiger partial charge in [0.25, 0.3) is 0 Å². The van der Waals surface area contributed by atoms with Crippen molar-refractivity contribution >= 4 is 5.91 Å². The quantitative estimate of drug-likeness (QED) is 0.882. The van der Waals surface area contributed by atoms with E-state index in [4.69, 9.17) is 10.5 Å². The third kappa shape index (κ3) is 2.87. The number of nitrogens with zero attached hydrogens (tertiary/aromatic N) is 1. The van der Waals surface area contributed by atoms with Gasteiger partial charge in [-0.1, -0.05) is 6.07 Å². The molecule has 104 valence electrons. The summed E-state index contributed by atoms with van der Waals surface area (Å²) in [6, 6.07) is 4.71. The number of piperidine rings is 1. The lowest BCUT2D eigenvalue weighted by atomic mass is 9.85. The zero-order valence-electron chi connectivity index (χ0n) is 11.2. The molecular weight excluding hydrogens is 247 g/mol. The van der Waals surface area contributed by atoms with Crippen molar-refractivity contribution in [2.24, 2.45) is 5.73 Å². The molecule has 4 nitrogen and oxygen atoms in total. The first kappa shape index (κ1) is 13.8. The van der Waals surface area contributed by atoms with Gasteiger partial charge in [-0.25, -0.2) is 4.39 Å². The van der Waals surface area contributed by atoms with Crippen molar-refractivity contribution in [1.29, 1.82) is 0 Å². The Labute approximate surface area is 112 Å². The lowest BCUT2D eigenvalue weighted by Gasteiger charge is -2.36. The highest BCUT2D eigenvalue weighted by atomic mass is 19.1. The third-order valence-corrected chi connectivity index (χ3v) is 3.71. The molecule has 1 heterocycles. The van der Waals surface area contributed by atoms with Crippen molar-refractivity contribution in [1.82, 2.24) is 4.90 Å². The number of carbonyl (C=O) groups excluding carboxylic acids is 1. The fraction of sp³-hybridized carbons (Fsp3) is 0.500. The standard InChI is InChI=1S/C14H19FN2O2/c1-9(18)17-6-5-11(13(16)8-17)10-3-4-12(15)14(7-10)19-2/h3-4,7,11,13H,5-6,8,16H2,1-2H3. The van der Waals surface area contributed by atoms with Crippen molar-refractivity contribution < 1.29 is 13.9 Å². The maximum atomic E-state index is 13.4. The Bertz CT molecular complexity index is 479. The van der Waals surface area contributed by atoms with Crippen LogP contribution in [0.5, 0.6) is 5.75 Å². The number of hydrogen-bond donors (Lipinski definition) is 1. The molecule has 0 bridgehead atoms. The van der Waals surface area contributed by atoms with Crippen LogP contribution in [0.1, 0.15) is 24.8 Å². The third-order valence-electron chi connectivity index (χ3n) is 3.71. The summed E-state index contributed by atoms with van der Waals surface area (Å²) in [7, 11) is 1.44. The van der Waals surface area contributed by atoms with Crippen molar-refractivity contribution in [3.05, 3.63) is 29.6 Å². The molecule has 1 amide bonds. The molecule has 1 saturated heterocycles. The molecule has 2 atom stereocenters. The van der Waals surface area contributed by atoms with E-state index in [0.717, 1.165) is 12.0 Å². The fourth-order valence-electron chi connectivity index (χ4n) is 2.59. The molecule has 0 aliphatic carbocycles.